The van der Waals surface area contributed by atoms with Crippen molar-refractivity contribution in [3.63, 3.8) is 0 Å². The molecule has 0 aliphatic heterocycles. The van der Waals surface area contributed by atoms with Gasteiger partial charge in [-0.1, -0.05) is 31.2 Å². The molecular formula is C28H29FN6O4. The average molecular weight is 533 g/mol. The SMILES string of the molecule is CCc1cc(F)cc(C)c1C(=O)NC(Cc1ccc(-c2nnc(CNc3cc(OC)ccn3)[nH]2)cc1)C(=O)O. The predicted octanol–water partition coefficient (Wildman–Crippen LogP) is 3.92. The van der Waals surface area contributed by atoms with Gasteiger partial charge in [-0.2, -0.15) is 0 Å². The fourth-order valence-corrected chi connectivity index (χ4v) is 4.20. The zero-order valence-electron chi connectivity index (χ0n) is 21.8. The van der Waals surface area contributed by atoms with Crippen LogP contribution in [-0.4, -0.2) is 50.3 Å². The molecule has 0 fully saturated rings. The van der Waals surface area contributed by atoms with E-state index in [1.807, 2.05) is 6.92 Å². The number of aryl methyl sites for hydroxylation is 2. The number of amides is 1. The highest BCUT2D eigenvalue weighted by Gasteiger charge is 2.24. The van der Waals surface area contributed by atoms with Crippen molar-refractivity contribution in [2.45, 2.75) is 39.3 Å². The lowest BCUT2D eigenvalue weighted by molar-refractivity contribution is -0.139. The normalized spacial score (nSPS) is 11.6. The lowest BCUT2D eigenvalue weighted by atomic mass is 9.98. The van der Waals surface area contributed by atoms with Gasteiger partial charge in [0.1, 0.15) is 29.3 Å². The van der Waals surface area contributed by atoms with Gasteiger partial charge in [0.05, 0.1) is 13.7 Å². The molecule has 0 saturated carbocycles. The van der Waals surface area contributed by atoms with Gasteiger partial charge in [-0.25, -0.2) is 14.2 Å². The summed E-state index contributed by atoms with van der Waals surface area (Å²) < 4.78 is 19.0. The van der Waals surface area contributed by atoms with Gasteiger partial charge in [0.15, 0.2) is 5.82 Å². The van der Waals surface area contributed by atoms with Crippen LogP contribution in [0.15, 0.2) is 54.7 Å². The van der Waals surface area contributed by atoms with Crippen LogP contribution in [0.1, 0.15) is 39.8 Å². The van der Waals surface area contributed by atoms with E-state index < -0.39 is 23.7 Å². The van der Waals surface area contributed by atoms with Crippen molar-refractivity contribution >= 4 is 17.7 Å². The fraction of sp³-hybridized carbons (Fsp3) is 0.250. The van der Waals surface area contributed by atoms with E-state index in [2.05, 4.69) is 30.8 Å². The standard InChI is InChI=1S/C28H29FN6O4/c1-4-18-13-20(29)11-16(2)25(18)27(36)32-22(28(37)38)12-17-5-7-19(8-6-17)26-33-24(34-35-26)15-31-23-14-21(39-3)9-10-30-23/h5-11,13-14,22H,4,12,15H2,1-3H3,(H,30,31)(H,32,36)(H,37,38)(H,33,34,35). The number of carbonyl (C=O) groups excluding carboxylic acids is 1. The average Bonchev–Trinajstić information content (AvgIpc) is 3.40. The summed E-state index contributed by atoms with van der Waals surface area (Å²) in [6.45, 7) is 3.82. The quantitative estimate of drug-likeness (QED) is 0.228. The summed E-state index contributed by atoms with van der Waals surface area (Å²) in [6, 6.07) is 12.1. The van der Waals surface area contributed by atoms with Crippen molar-refractivity contribution in [3.8, 4) is 17.1 Å². The minimum atomic E-state index is -1.16. The molecule has 2 heterocycles. The number of pyridine rings is 1. The van der Waals surface area contributed by atoms with Crippen LogP contribution in [0.3, 0.4) is 0 Å². The summed E-state index contributed by atoms with van der Waals surface area (Å²) in [5, 5.41) is 23.8. The monoisotopic (exact) mass is 532 g/mol. The van der Waals surface area contributed by atoms with E-state index in [-0.39, 0.29) is 6.42 Å². The Morgan fingerprint density at radius 2 is 1.90 bits per heavy atom. The van der Waals surface area contributed by atoms with Gasteiger partial charge in [0.25, 0.3) is 5.91 Å². The van der Waals surface area contributed by atoms with Crippen molar-refractivity contribution in [2.24, 2.45) is 0 Å². The van der Waals surface area contributed by atoms with E-state index in [4.69, 9.17) is 4.74 Å². The number of aliphatic carboxylic acids is 1. The maximum absolute atomic E-state index is 13.8. The Hall–Kier alpha value is -4.80. The number of methoxy groups -OCH3 is 1. The molecule has 2 aromatic carbocycles. The number of rotatable bonds is 11. The second-order valence-electron chi connectivity index (χ2n) is 8.93. The summed E-state index contributed by atoms with van der Waals surface area (Å²) in [5.74, 6) is 0.348. The van der Waals surface area contributed by atoms with Crippen LogP contribution in [0.25, 0.3) is 11.4 Å². The molecule has 4 aromatic rings. The fourth-order valence-electron chi connectivity index (χ4n) is 4.20. The third kappa shape index (κ3) is 6.75. The predicted molar refractivity (Wildman–Crippen MR) is 143 cm³/mol. The van der Waals surface area contributed by atoms with Crippen molar-refractivity contribution in [2.75, 3.05) is 12.4 Å². The minimum absolute atomic E-state index is 0.0716. The van der Waals surface area contributed by atoms with E-state index >= 15 is 0 Å². The molecule has 0 saturated heterocycles. The Bertz CT molecular complexity index is 1470. The number of nitrogens with one attached hydrogen (secondary N) is 3. The second kappa shape index (κ2) is 12.2. The number of carboxylic acid groups (broad SMARTS) is 1. The zero-order chi connectivity index (χ0) is 27.9. The van der Waals surface area contributed by atoms with E-state index in [0.29, 0.717) is 58.4 Å². The third-order valence-corrected chi connectivity index (χ3v) is 6.20. The summed E-state index contributed by atoms with van der Waals surface area (Å²) in [4.78, 5) is 32.3. The molecular weight excluding hydrogens is 503 g/mol. The lowest BCUT2D eigenvalue weighted by Crippen LogP contribution is -2.42. The summed E-state index contributed by atoms with van der Waals surface area (Å²) in [5.41, 5.74) is 2.77. The molecule has 0 aliphatic rings. The molecule has 4 N–H and O–H groups in total. The highest BCUT2D eigenvalue weighted by molar-refractivity contribution is 5.99. The van der Waals surface area contributed by atoms with Crippen LogP contribution in [0.5, 0.6) is 5.75 Å². The first kappa shape index (κ1) is 27.2. The smallest absolute Gasteiger partial charge is 0.326 e. The Labute approximate surface area is 224 Å². The van der Waals surface area contributed by atoms with Gasteiger partial charge in [-0.15, -0.1) is 10.2 Å². The Balaban J connectivity index is 1.40. The maximum atomic E-state index is 13.8. The molecule has 2 aromatic heterocycles. The number of aromatic nitrogens is 4. The molecule has 10 nitrogen and oxygen atoms in total. The number of benzene rings is 2. The number of ether oxygens (including phenoxy) is 1. The van der Waals surface area contributed by atoms with E-state index in [9.17, 15) is 19.1 Å². The number of nitrogens with zero attached hydrogens (tertiary/aromatic N) is 3. The van der Waals surface area contributed by atoms with Gasteiger partial charge >= 0.3 is 5.97 Å². The van der Waals surface area contributed by atoms with Crippen molar-refractivity contribution < 1.29 is 23.8 Å². The molecule has 39 heavy (non-hydrogen) atoms. The molecule has 0 aliphatic carbocycles. The number of hydrogen-bond donors (Lipinski definition) is 4. The van der Waals surface area contributed by atoms with Crippen molar-refractivity contribution in [1.82, 2.24) is 25.5 Å². The van der Waals surface area contributed by atoms with Crippen molar-refractivity contribution in [3.05, 3.63) is 88.6 Å². The first-order valence-corrected chi connectivity index (χ1v) is 12.3. The number of anilines is 1. The minimum Gasteiger partial charge on any atom is -0.497 e. The number of aromatic amines is 1. The third-order valence-electron chi connectivity index (χ3n) is 6.20. The molecule has 1 amide bonds. The van der Waals surface area contributed by atoms with Gasteiger partial charge in [0, 0.05) is 29.8 Å². The molecule has 202 valence electrons. The van der Waals surface area contributed by atoms with Crippen LogP contribution < -0.4 is 15.4 Å². The molecule has 1 atom stereocenters. The second-order valence-corrected chi connectivity index (χ2v) is 8.93. The largest absolute Gasteiger partial charge is 0.497 e. The Kier molecular flexibility index (Phi) is 8.50. The molecule has 1 unspecified atom stereocenters. The molecule has 4 rings (SSSR count). The maximum Gasteiger partial charge on any atom is 0.326 e. The van der Waals surface area contributed by atoms with E-state index in [1.165, 1.54) is 12.1 Å². The van der Waals surface area contributed by atoms with Crippen LogP contribution in [0, 0.1) is 12.7 Å². The van der Waals surface area contributed by atoms with Crippen LogP contribution in [0.4, 0.5) is 10.2 Å². The van der Waals surface area contributed by atoms with E-state index in [0.717, 1.165) is 5.56 Å². The van der Waals surface area contributed by atoms with Gasteiger partial charge in [-0.05, 0) is 48.2 Å². The van der Waals surface area contributed by atoms with Crippen LogP contribution in [-0.2, 0) is 24.2 Å². The molecule has 11 heteroatoms. The van der Waals surface area contributed by atoms with Crippen molar-refractivity contribution in [1.29, 1.82) is 0 Å². The summed E-state index contributed by atoms with van der Waals surface area (Å²) in [6.07, 6.45) is 2.15. The summed E-state index contributed by atoms with van der Waals surface area (Å²) >= 11 is 0. The highest BCUT2D eigenvalue weighted by Crippen LogP contribution is 2.20. The molecule has 0 spiro atoms. The summed E-state index contributed by atoms with van der Waals surface area (Å²) in [7, 11) is 1.59. The molecule has 0 bridgehead atoms. The topological polar surface area (TPSA) is 142 Å². The molecule has 0 radical (unpaired) electrons. The first-order chi connectivity index (χ1) is 18.8. The number of carboxylic acids is 1. The number of carbonyl (C=O) groups is 2. The number of hydrogen-bond acceptors (Lipinski definition) is 7. The first-order valence-electron chi connectivity index (χ1n) is 12.3. The highest BCUT2D eigenvalue weighted by atomic mass is 19.1. The zero-order valence-corrected chi connectivity index (χ0v) is 21.8. The van der Waals surface area contributed by atoms with Gasteiger partial charge < -0.3 is 25.5 Å². The Morgan fingerprint density at radius 1 is 1.13 bits per heavy atom. The number of H-pyrrole nitrogens is 1. The Morgan fingerprint density at radius 3 is 2.59 bits per heavy atom. The van der Waals surface area contributed by atoms with Gasteiger partial charge in [-0.3, -0.25) is 4.79 Å². The lowest BCUT2D eigenvalue weighted by Gasteiger charge is -2.17. The van der Waals surface area contributed by atoms with Gasteiger partial charge in [0.2, 0.25) is 0 Å². The van der Waals surface area contributed by atoms with Crippen LogP contribution >= 0.6 is 0 Å². The number of halogens is 1. The van der Waals surface area contributed by atoms with Crippen LogP contribution in [0.2, 0.25) is 0 Å². The van der Waals surface area contributed by atoms with E-state index in [1.54, 1.807) is 56.6 Å².